The van der Waals surface area contributed by atoms with Crippen LogP contribution in [-0.4, -0.2) is 32.2 Å². The van der Waals surface area contributed by atoms with E-state index < -0.39 is 0 Å². The quantitative estimate of drug-likeness (QED) is 0.418. The van der Waals surface area contributed by atoms with Gasteiger partial charge in [0.05, 0.1) is 24.3 Å². The maximum atomic E-state index is 12.6. The summed E-state index contributed by atoms with van der Waals surface area (Å²) in [6.07, 6.45) is 1.53. The third-order valence-corrected chi connectivity index (χ3v) is 6.24. The normalized spacial score (nSPS) is 10.8. The Morgan fingerprint density at radius 2 is 1.67 bits per heavy atom. The number of hydrogen-bond acceptors (Lipinski definition) is 5. The number of aromatic nitrogens is 2. The first-order valence-corrected chi connectivity index (χ1v) is 11.7. The van der Waals surface area contributed by atoms with E-state index in [0.717, 1.165) is 33.5 Å². The number of anilines is 1. The summed E-state index contributed by atoms with van der Waals surface area (Å²) in [6, 6.07) is 12.0. The molecule has 7 nitrogen and oxygen atoms in total. The number of carbonyl (C=O) groups excluding carboxylic acids is 2. The fraction of sp³-hybridized carbons (Fsp3) is 0.320. The molecule has 0 saturated carbocycles. The number of thioether (sulfide) groups is 1. The van der Waals surface area contributed by atoms with E-state index in [9.17, 15) is 14.7 Å². The van der Waals surface area contributed by atoms with Gasteiger partial charge in [-0.05, 0) is 44.4 Å². The van der Waals surface area contributed by atoms with Gasteiger partial charge in [0.2, 0.25) is 11.8 Å². The topological polar surface area (TPSA) is 96.2 Å². The largest absolute Gasteiger partial charge is 0.390 e. The van der Waals surface area contributed by atoms with Crippen molar-refractivity contribution in [3.8, 4) is 0 Å². The van der Waals surface area contributed by atoms with Crippen LogP contribution < -0.4 is 10.6 Å². The van der Waals surface area contributed by atoms with Crippen LogP contribution in [0.4, 0.5) is 5.69 Å². The van der Waals surface area contributed by atoms with Gasteiger partial charge in [-0.3, -0.25) is 9.59 Å². The van der Waals surface area contributed by atoms with Gasteiger partial charge in [0.1, 0.15) is 6.54 Å². The third-order valence-electron chi connectivity index (χ3n) is 5.25. The van der Waals surface area contributed by atoms with Gasteiger partial charge in [-0.2, -0.15) is 0 Å². The second-order valence-electron chi connectivity index (χ2n) is 8.15. The third kappa shape index (κ3) is 6.69. The molecule has 3 N–H and O–H groups in total. The first-order chi connectivity index (χ1) is 15.8. The molecule has 0 aliphatic carbocycles. The summed E-state index contributed by atoms with van der Waals surface area (Å²) in [4.78, 5) is 29.4. The molecule has 8 heteroatoms. The first kappa shape index (κ1) is 24.5. The molecule has 0 fully saturated rings. The molecule has 3 aromatic rings. The fourth-order valence-corrected chi connectivity index (χ4v) is 4.39. The Morgan fingerprint density at radius 3 is 2.30 bits per heavy atom. The van der Waals surface area contributed by atoms with Crippen LogP contribution in [0.15, 0.2) is 47.8 Å². The van der Waals surface area contributed by atoms with Gasteiger partial charge in [0, 0.05) is 12.2 Å². The second-order valence-corrected chi connectivity index (χ2v) is 9.09. The lowest BCUT2D eigenvalue weighted by atomic mass is 10.1. The zero-order valence-electron chi connectivity index (χ0n) is 19.4. The zero-order chi connectivity index (χ0) is 24.0. The van der Waals surface area contributed by atoms with E-state index in [4.69, 9.17) is 0 Å². The molecular weight excluding hydrogens is 436 g/mol. The lowest BCUT2D eigenvalue weighted by Gasteiger charge is -2.13. The van der Waals surface area contributed by atoms with Gasteiger partial charge in [-0.15, -0.1) is 0 Å². The van der Waals surface area contributed by atoms with Crippen LogP contribution in [0, 0.1) is 27.7 Å². The number of aliphatic hydroxyl groups excluding tert-OH is 1. The average molecular weight is 467 g/mol. The van der Waals surface area contributed by atoms with Crippen molar-refractivity contribution >= 4 is 29.3 Å². The summed E-state index contributed by atoms with van der Waals surface area (Å²) in [5.41, 5.74) is 6.69. The lowest BCUT2D eigenvalue weighted by molar-refractivity contribution is -0.122. The van der Waals surface area contributed by atoms with Gasteiger partial charge >= 0.3 is 0 Å². The SMILES string of the molecule is Cc1ccc(CNC(=O)Cn2c(CO)cnc2SCC(=O)Nc2c(C)cc(C)cc2C)cc1. The van der Waals surface area contributed by atoms with E-state index in [1.54, 1.807) is 4.57 Å². The van der Waals surface area contributed by atoms with Crippen molar-refractivity contribution < 1.29 is 14.7 Å². The Hall–Kier alpha value is -3.10. The number of rotatable bonds is 9. The van der Waals surface area contributed by atoms with Crippen LogP contribution in [0.3, 0.4) is 0 Å². The van der Waals surface area contributed by atoms with Gasteiger partial charge in [-0.1, -0.05) is 59.3 Å². The monoisotopic (exact) mass is 466 g/mol. The molecule has 1 heterocycles. The number of aryl methyl sites for hydroxylation is 4. The Bertz CT molecular complexity index is 1120. The Morgan fingerprint density at radius 1 is 1.00 bits per heavy atom. The molecular formula is C25H30N4O3S. The molecule has 3 rings (SSSR count). The number of amides is 2. The predicted octanol–water partition coefficient (Wildman–Crippen LogP) is 3.66. The van der Waals surface area contributed by atoms with Crippen LogP contribution in [0.5, 0.6) is 0 Å². The highest BCUT2D eigenvalue weighted by atomic mass is 32.2. The highest BCUT2D eigenvalue weighted by Crippen LogP contribution is 2.23. The molecule has 0 aliphatic rings. The molecule has 0 aliphatic heterocycles. The maximum absolute atomic E-state index is 12.6. The maximum Gasteiger partial charge on any atom is 0.240 e. The second kappa shape index (κ2) is 11.2. The molecule has 2 aromatic carbocycles. The minimum Gasteiger partial charge on any atom is -0.390 e. The highest BCUT2D eigenvalue weighted by molar-refractivity contribution is 7.99. The average Bonchev–Trinajstić information content (AvgIpc) is 3.15. The van der Waals surface area contributed by atoms with Crippen molar-refractivity contribution in [3.05, 3.63) is 76.1 Å². The van der Waals surface area contributed by atoms with Crippen LogP contribution in [-0.2, 0) is 29.3 Å². The summed E-state index contributed by atoms with van der Waals surface area (Å²) in [6.45, 7) is 8.17. The fourth-order valence-electron chi connectivity index (χ4n) is 3.59. The Labute approximate surface area is 198 Å². The van der Waals surface area contributed by atoms with Crippen molar-refractivity contribution in [2.24, 2.45) is 0 Å². The molecule has 2 amide bonds. The summed E-state index contributed by atoms with van der Waals surface area (Å²) < 4.78 is 1.64. The highest BCUT2D eigenvalue weighted by Gasteiger charge is 2.16. The van der Waals surface area contributed by atoms with Crippen molar-refractivity contribution in [2.75, 3.05) is 11.1 Å². The van der Waals surface area contributed by atoms with Crippen LogP contribution in [0.2, 0.25) is 0 Å². The number of hydrogen-bond donors (Lipinski definition) is 3. The summed E-state index contributed by atoms with van der Waals surface area (Å²) in [7, 11) is 0. The molecule has 33 heavy (non-hydrogen) atoms. The summed E-state index contributed by atoms with van der Waals surface area (Å²) in [5, 5.41) is 16.0. The molecule has 0 spiro atoms. The van der Waals surface area contributed by atoms with Crippen LogP contribution in [0.1, 0.15) is 33.5 Å². The van der Waals surface area contributed by atoms with E-state index in [0.29, 0.717) is 17.4 Å². The van der Waals surface area contributed by atoms with Crippen molar-refractivity contribution in [3.63, 3.8) is 0 Å². The standard InChI is InChI=1S/C25H30N4O3S/c1-16-5-7-20(8-6-16)11-26-22(31)13-29-21(14-30)12-27-25(29)33-15-23(32)28-24-18(3)9-17(2)10-19(24)4/h5-10,12,30H,11,13-15H2,1-4H3,(H,26,31)(H,28,32). The number of nitrogens with zero attached hydrogens (tertiary/aromatic N) is 2. The number of carbonyl (C=O) groups is 2. The molecule has 0 unspecified atom stereocenters. The van der Waals surface area contributed by atoms with Crippen molar-refractivity contribution in [1.82, 2.24) is 14.9 Å². The molecule has 0 atom stereocenters. The van der Waals surface area contributed by atoms with E-state index in [2.05, 4.69) is 15.6 Å². The number of benzene rings is 2. The minimum absolute atomic E-state index is 0.0158. The minimum atomic E-state index is -0.243. The molecule has 0 bridgehead atoms. The van der Waals surface area contributed by atoms with Gasteiger partial charge in [-0.25, -0.2) is 4.98 Å². The Kier molecular flexibility index (Phi) is 8.30. The van der Waals surface area contributed by atoms with E-state index in [1.165, 1.54) is 18.0 Å². The van der Waals surface area contributed by atoms with Crippen molar-refractivity contribution in [2.45, 2.75) is 52.5 Å². The predicted molar refractivity (Wildman–Crippen MR) is 131 cm³/mol. The van der Waals surface area contributed by atoms with E-state index in [1.807, 2.05) is 64.1 Å². The first-order valence-electron chi connectivity index (χ1n) is 10.7. The van der Waals surface area contributed by atoms with E-state index >= 15 is 0 Å². The molecule has 174 valence electrons. The van der Waals surface area contributed by atoms with Gasteiger partial charge in [0.25, 0.3) is 0 Å². The summed E-state index contributed by atoms with van der Waals surface area (Å²) in [5.74, 6) is -0.209. The van der Waals surface area contributed by atoms with Gasteiger partial charge < -0.3 is 20.3 Å². The van der Waals surface area contributed by atoms with E-state index in [-0.39, 0.29) is 30.7 Å². The number of aliphatic hydroxyl groups is 1. The molecule has 1 aromatic heterocycles. The zero-order valence-corrected chi connectivity index (χ0v) is 20.3. The smallest absolute Gasteiger partial charge is 0.240 e. The number of nitrogens with one attached hydrogen (secondary N) is 2. The van der Waals surface area contributed by atoms with Crippen LogP contribution in [0.25, 0.3) is 0 Å². The van der Waals surface area contributed by atoms with Crippen LogP contribution >= 0.6 is 11.8 Å². The molecule has 0 radical (unpaired) electrons. The Balaban J connectivity index is 1.60. The van der Waals surface area contributed by atoms with Gasteiger partial charge in [0.15, 0.2) is 5.16 Å². The summed E-state index contributed by atoms with van der Waals surface area (Å²) >= 11 is 1.23. The number of imidazole rings is 1. The lowest BCUT2D eigenvalue weighted by Crippen LogP contribution is -2.28. The molecule has 0 saturated heterocycles. The van der Waals surface area contributed by atoms with Crippen molar-refractivity contribution in [1.29, 1.82) is 0 Å².